The van der Waals surface area contributed by atoms with E-state index < -0.39 is 9.84 Å². The van der Waals surface area contributed by atoms with Crippen molar-refractivity contribution in [3.8, 4) is 0 Å². The molecule has 1 aliphatic rings. The van der Waals surface area contributed by atoms with Crippen molar-refractivity contribution >= 4 is 39.8 Å². The summed E-state index contributed by atoms with van der Waals surface area (Å²) in [6.07, 6.45) is 3.85. The van der Waals surface area contributed by atoms with Gasteiger partial charge < -0.3 is 10.6 Å². The lowest BCUT2D eigenvalue weighted by Gasteiger charge is -2.15. The van der Waals surface area contributed by atoms with Crippen LogP contribution in [0.2, 0.25) is 0 Å². The van der Waals surface area contributed by atoms with Crippen molar-refractivity contribution in [2.45, 2.75) is 44.3 Å². The third-order valence-corrected chi connectivity index (χ3v) is 6.33. The number of hydrogen-bond donors (Lipinski definition) is 2. The summed E-state index contributed by atoms with van der Waals surface area (Å²) in [5.74, 6) is 0.742. The molecule has 3 rings (SSSR count). The van der Waals surface area contributed by atoms with E-state index in [0.717, 1.165) is 24.6 Å². The summed E-state index contributed by atoms with van der Waals surface area (Å²) in [6, 6.07) is 15.6. The predicted octanol–water partition coefficient (Wildman–Crippen LogP) is 3.56. The van der Waals surface area contributed by atoms with Crippen LogP contribution >= 0.6 is 24.0 Å². The molecule has 1 fully saturated rings. The Hall–Kier alpha value is -1.65. The summed E-state index contributed by atoms with van der Waals surface area (Å²) in [4.78, 5) is 7.45. The van der Waals surface area contributed by atoms with Gasteiger partial charge in [-0.3, -0.25) is 4.90 Å². The molecule has 0 spiro atoms. The largest absolute Gasteiger partial charge is 0.357 e. The van der Waals surface area contributed by atoms with Gasteiger partial charge in [0.05, 0.1) is 11.4 Å². The number of sulfone groups is 1. The first-order valence-electron chi connectivity index (χ1n) is 10.6. The molecule has 6 nitrogen and oxygen atoms in total. The van der Waals surface area contributed by atoms with Gasteiger partial charge in [-0.2, -0.15) is 0 Å². The normalized spacial score (nSPS) is 14.8. The fourth-order valence-electron chi connectivity index (χ4n) is 3.50. The van der Waals surface area contributed by atoms with Gasteiger partial charge in [-0.05, 0) is 61.7 Å². The summed E-state index contributed by atoms with van der Waals surface area (Å²) in [6.45, 7) is 7.44. The topological polar surface area (TPSA) is 73.8 Å². The number of nitrogens with one attached hydrogen (secondary N) is 2. The van der Waals surface area contributed by atoms with Crippen LogP contribution in [-0.2, 0) is 29.5 Å². The van der Waals surface area contributed by atoms with Crippen molar-refractivity contribution in [1.29, 1.82) is 0 Å². The van der Waals surface area contributed by atoms with Gasteiger partial charge in [-0.25, -0.2) is 13.4 Å². The van der Waals surface area contributed by atoms with Gasteiger partial charge in [0.25, 0.3) is 0 Å². The lowest BCUT2D eigenvalue weighted by Crippen LogP contribution is -2.36. The number of guanidine groups is 1. The number of benzene rings is 2. The van der Waals surface area contributed by atoms with E-state index in [1.165, 1.54) is 43.3 Å². The first-order valence-corrected chi connectivity index (χ1v) is 12.4. The van der Waals surface area contributed by atoms with E-state index in [4.69, 9.17) is 0 Å². The van der Waals surface area contributed by atoms with Crippen molar-refractivity contribution in [2.24, 2.45) is 4.99 Å². The van der Waals surface area contributed by atoms with E-state index in [1.54, 1.807) is 12.1 Å². The summed E-state index contributed by atoms with van der Waals surface area (Å²) in [5.41, 5.74) is 3.54. The lowest BCUT2D eigenvalue weighted by atomic mass is 10.1. The quantitative estimate of drug-likeness (QED) is 0.296. The molecule has 2 aromatic rings. The highest BCUT2D eigenvalue weighted by Crippen LogP contribution is 2.14. The molecule has 0 unspecified atom stereocenters. The second-order valence-corrected chi connectivity index (χ2v) is 9.78. The molecular weight excluding hydrogens is 523 g/mol. The average Bonchev–Trinajstić information content (AvgIpc) is 3.24. The van der Waals surface area contributed by atoms with E-state index >= 15 is 0 Å². The smallest absolute Gasteiger partial charge is 0.191 e. The average molecular weight is 557 g/mol. The monoisotopic (exact) mass is 556 g/mol. The lowest BCUT2D eigenvalue weighted by molar-refractivity contribution is 0.331. The Labute approximate surface area is 203 Å². The van der Waals surface area contributed by atoms with Crippen LogP contribution in [-0.4, -0.2) is 45.2 Å². The van der Waals surface area contributed by atoms with Crippen LogP contribution in [0.5, 0.6) is 0 Å². The van der Waals surface area contributed by atoms with Gasteiger partial charge in [0.15, 0.2) is 15.8 Å². The number of hydrogen-bond acceptors (Lipinski definition) is 4. The zero-order chi connectivity index (χ0) is 21.4. The van der Waals surface area contributed by atoms with Gasteiger partial charge in [0.1, 0.15) is 0 Å². The SMILES string of the molecule is CCNC(=NCc1ccc(S(C)(=O)=O)cc1)NCc1ccc(CN2CCCC2)cc1.I. The Morgan fingerprint density at radius 1 is 0.935 bits per heavy atom. The predicted molar refractivity (Wildman–Crippen MR) is 138 cm³/mol. The Bertz CT molecular complexity index is 939. The molecule has 0 amide bonds. The van der Waals surface area contributed by atoms with Crippen LogP contribution in [0.15, 0.2) is 58.4 Å². The molecule has 31 heavy (non-hydrogen) atoms. The molecule has 8 heteroatoms. The van der Waals surface area contributed by atoms with Crippen molar-refractivity contribution in [3.63, 3.8) is 0 Å². The Kier molecular flexibility index (Phi) is 10.2. The molecule has 0 aromatic heterocycles. The summed E-state index contributed by atoms with van der Waals surface area (Å²) in [5, 5.41) is 6.62. The summed E-state index contributed by atoms with van der Waals surface area (Å²) < 4.78 is 23.1. The highest BCUT2D eigenvalue weighted by Gasteiger charge is 2.11. The van der Waals surface area contributed by atoms with Crippen LogP contribution in [0.4, 0.5) is 0 Å². The second kappa shape index (κ2) is 12.4. The van der Waals surface area contributed by atoms with E-state index in [0.29, 0.717) is 18.0 Å². The minimum atomic E-state index is -3.17. The highest BCUT2D eigenvalue weighted by atomic mass is 127. The first-order chi connectivity index (χ1) is 14.4. The van der Waals surface area contributed by atoms with Gasteiger partial charge >= 0.3 is 0 Å². The van der Waals surface area contributed by atoms with Crippen LogP contribution in [0.25, 0.3) is 0 Å². The molecular formula is C23H33IN4O2S. The maximum absolute atomic E-state index is 11.6. The fourth-order valence-corrected chi connectivity index (χ4v) is 4.13. The van der Waals surface area contributed by atoms with E-state index in [-0.39, 0.29) is 24.0 Å². The maximum atomic E-state index is 11.6. The number of nitrogens with zero attached hydrogens (tertiary/aromatic N) is 2. The molecule has 1 saturated heterocycles. The molecule has 170 valence electrons. The van der Waals surface area contributed by atoms with Crippen molar-refractivity contribution in [2.75, 3.05) is 25.9 Å². The summed E-state index contributed by atoms with van der Waals surface area (Å²) in [7, 11) is -3.17. The standard InChI is InChI=1S/C23H32N4O2S.HI/c1-3-24-23(26-17-20-10-12-22(13-11-20)30(2,28)29)25-16-19-6-8-21(9-7-19)18-27-14-4-5-15-27;/h6-13H,3-5,14-18H2,1-2H3,(H2,24,25,26);1H. The third kappa shape index (κ3) is 8.42. The van der Waals surface area contributed by atoms with Crippen LogP contribution < -0.4 is 10.6 Å². The van der Waals surface area contributed by atoms with E-state index in [9.17, 15) is 8.42 Å². The van der Waals surface area contributed by atoms with Crippen molar-refractivity contribution < 1.29 is 8.42 Å². The zero-order valence-electron chi connectivity index (χ0n) is 18.3. The van der Waals surface area contributed by atoms with Gasteiger partial charge in [0, 0.05) is 25.9 Å². The van der Waals surface area contributed by atoms with Gasteiger partial charge in [-0.15, -0.1) is 24.0 Å². The molecule has 0 atom stereocenters. The molecule has 0 saturated carbocycles. The van der Waals surface area contributed by atoms with Gasteiger partial charge in [-0.1, -0.05) is 36.4 Å². The first kappa shape index (κ1) is 25.6. The number of likely N-dealkylation sites (tertiary alicyclic amines) is 1. The van der Waals surface area contributed by atoms with Crippen LogP contribution in [0, 0.1) is 0 Å². The number of rotatable bonds is 8. The van der Waals surface area contributed by atoms with E-state index in [1.807, 2.05) is 19.1 Å². The highest BCUT2D eigenvalue weighted by molar-refractivity contribution is 14.0. The van der Waals surface area contributed by atoms with Crippen LogP contribution in [0.3, 0.4) is 0 Å². The molecule has 1 heterocycles. The molecule has 0 radical (unpaired) electrons. The molecule has 1 aliphatic heterocycles. The molecule has 2 aromatic carbocycles. The Balaban J connectivity index is 0.00000341. The third-order valence-electron chi connectivity index (χ3n) is 5.20. The molecule has 0 bridgehead atoms. The molecule has 2 N–H and O–H groups in total. The van der Waals surface area contributed by atoms with Crippen molar-refractivity contribution in [3.05, 3.63) is 65.2 Å². The van der Waals surface area contributed by atoms with Gasteiger partial charge in [0.2, 0.25) is 0 Å². The number of aliphatic imine (C=N–C) groups is 1. The van der Waals surface area contributed by atoms with E-state index in [2.05, 4.69) is 44.8 Å². The fraction of sp³-hybridized carbons (Fsp3) is 0.435. The minimum Gasteiger partial charge on any atom is -0.357 e. The van der Waals surface area contributed by atoms with Crippen molar-refractivity contribution in [1.82, 2.24) is 15.5 Å². The number of halogens is 1. The minimum absolute atomic E-state index is 0. The maximum Gasteiger partial charge on any atom is 0.191 e. The molecule has 0 aliphatic carbocycles. The summed E-state index contributed by atoms with van der Waals surface area (Å²) >= 11 is 0. The zero-order valence-corrected chi connectivity index (χ0v) is 21.4. The van der Waals surface area contributed by atoms with Crippen LogP contribution in [0.1, 0.15) is 36.5 Å². The second-order valence-electron chi connectivity index (χ2n) is 7.76. The Morgan fingerprint density at radius 3 is 2.10 bits per heavy atom. The Morgan fingerprint density at radius 2 is 1.52 bits per heavy atom.